The van der Waals surface area contributed by atoms with Crippen LogP contribution in [0.1, 0.15) is 13.8 Å². The van der Waals surface area contributed by atoms with E-state index in [1.807, 2.05) is 0 Å². The van der Waals surface area contributed by atoms with E-state index < -0.39 is 44.8 Å². The second-order valence-electron chi connectivity index (χ2n) is 4.21. The molecule has 0 saturated heterocycles. The average Bonchev–Trinajstić information content (AvgIpc) is 2.31. The first-order valence-corrected chi connectivity index (χ1v) is 7.15. The largest absolute Gasteiger partial charge is 0.479 e. The van der Waals surface area contributed by atoms with E-state index in [0.29, 0.717) is 0 Å². The Labute approximate surface area is 120 Å². The molecule has 0 saturated carbocycles. The van der Waals surface area contributed by atoms with Gasteiger partial charge in [-0.15, -0.1) is 0 Å². The lowest BCUT2D eigenvalue weighted by molar-refractivity contribution is -0.164. The highest BCUT2D eigenvalue weighted by molar-refractivity contribution is 7.46. The van der Waals surface area contributed by atoms with E-state index in [0.717, 1.165) is 0 Å². The number of carboxylic acid groups (broad SMARTS) is 1. The standard InChI is InChI=1S/C6H13O10P.C3H8O/c7-2(1-16-17(13,14)15)3(8)4(9)5(10)6(11)12;1-3(2)4/h2-5,7-10H,1H2,(H,11,12)(H2,13,14,15);3-4H,1-2H3. The van der Waals surface area contributed by atoms with Gasteiger partial charge < -0.3 is 40.4 Å². The van der Waals surface area contributed by atoms with Gasteiger partial charge in [0.05, 0.1) is 6.61 Å². The fraction of sp³-hybridized carbons (Fsp3) is 0.889. The number of carbonyl (C=O) groups is 1. The number of aliphatic hydroxyl groups excluding tert-OH is 5. The van der Waals surface area contributed by atoms with Gasteiger partial charge in [-0.2, -0.15) is 0 Å². The van der Waals surface area contributed by atoms with E-state index in [1.54, 1.807) is 13.8 Å². The van der Waals surface area contributed by atoms with Crippen molar-refractivity contribution in [3.05, 3.63) is 0 Å². The second-order valence-corrected chi connectivity index (χ2v) is 5.45. The van der Waals surface area contributed by atoms with Crippen molar-refractivity contribution in [3.63, 3.8) is 0 Å². The molecule has 0 amide bonds. The number of hydrogen-bond acceptors (Lipinski definition) is 8. The molecule has 0 aromatic rings. The summed E-state index contributed by atoms with van der Waals surface area (Å²) in [6.07, 6.45) is -8.88. The van der Waals surface area contributed by atoms with Gasteiger partial charge in [-0.05, 0) is 13.8 Å². The number of hydrogen-bond donors (Lipinski definition) is 8. The number of carboxylic acids is 1. The smallest absolute Gasteiger partial charge is 0.469 e. The third-order valence-electron chi connectivity index (χ3n) is 1.73. The van der Waals surface area contributed by atoms with Crippen LogP contribution in [-0.4, -0.2) is 83.5 Å². The van der Waals surface area contributed by atoms with Gasteiger partial charge in [0.1, 0.15) is 18.3 Å². The van der Waals surface area contributed by atoms with Gasteiger partial charge in [-0.1, -0.05) is 0 Å². The van der Waals surface area contributed by atoms with Gasteiger partial charge in [0.25, 0.3) is 0 Å². The summed E-state index contributed by atoms with van der Waals surface area (Å²) in [6.45, 7) is 2.40. The Kier molecular flexibility index (Phi) is 11.0. The van der Waals surface area contributed by atoms with Gasteiger partial charge >= 0.3 is 13.8 Å². The lowest BCUT2D eigenvalue weighted by Gasteiger charge is -2.24. The van der Waals surface area contributed by atoms with Crippen LogP contribution < -0.4 is 0 Å². The molecule has 0 radical (unpaired) electrons. The van der Waals surface area contributed by atoms with E-state index >= 15 is 0 Å². The molecule has 0 bridgehead atoms. The van der Waals surface area contributed by atoms with Crippen molar-refractivity contribution in [3.8, 4) is 0 Å². The summed E-state index contributed by atoms with van der Waals surface area (Å²) < 4.78 is 14.1. The molecule has 8 N–H and O–H groups in total. The summed E-state index contributed by atoms with van der Waals surface area (Å²) in [5.41, 5.74) is 0. The maximum absolute atomic E-state index is 10.2. The van der Waals surface area contributed by atoms with Gasteiger partial charge in [0, 0.05) is 6.10 Å². The predicted octanol–water partition coefficient (Wildman–Crippen LogP) is -2.99. The van der Waals surface area contributed by atoms with Crippen molar-refractivity contribution in [1.29, 1.82) is 0 Å². The molecule has 4 atom stereocenters. The Morgan fingerprint density at radius 3 is 1.71 bits per heavy atom. The van der Waals surface area contributed by atoms with Crippen LogP contribution in [0.25, 0.3) is 0 Å². The van der Waals surface area contributed by atoms with Crippen LogP contribution in [0.5, 0.6) is 0 Å². The number of aliphatic carboxylic acids is 1. The van der Waals surface area contributed by atoms with E-state index in [4.69, 9.17) is 40.4 Å². The lowest BCUT2D eigenvalue weighted by Crippen LogP contribution is -2.48. The average molecular weight is 336 g/mol. The van der Waals surface area contributed by atoms with Gasteiger partial charge in [0.2, 0.25) is 0 Å². The first-order chi connectivity index (χ1) is 9.29. The Morgan fingerprint density at radius 1 is 1.05 bits per heavy atom. The van der Waals surface area contributed by atoms with Crippen molar-refractivity contribution in [2.45, 2.75) is 44.4 Å². The zero-order chi connectivity index (χ0) is 17.4. The van der Waals surface area contributed by atoms with Crippen LogP contribution in [0.2, 0.25) is 0 Å². The van der Waals surface area contributed by atoms with E-state index in [9.17, 15) is 9.36 Å². The minimum atomic E-state index is -4.86. The summed E-state index contributed by atoms with van der Waals surface area (Å²) in [6, 6.07) is 0. The Balaban J connectivity index is 0. The highest BCUT2D eigenvalue weighted by Gasteiger charge is 2.35. The Bertz CT molecular complexity index is 338. The molecular formula is C9H21O11P. The fourth-order valence-electron chi connectivity index (χ4n) is 0.833. The maximum atomic E-state index is 10.2. The molecule has 0 aliphatic rings. The van der Waals surface area contributed by atoms with Gasteiger partial charge in [0.15, 0.2) is 6.10 Å². The minimum Gasteiger partial charge on any atom is -0.479 e. The topological polar surface area (TPSA) is 205 Å². The molecule has 0 fully saturated rings. The summed E-state index contributed by atoms with van der Waals surface area (Å²) in [5, 5.41) is 52.5. The van der Waals surface area contributed by atoms with Crippen molar-refractivity contribution in [2.24, 2.45) is 0 Å². The zero-order valence-corrected chi connectivity index (χ0v) is 12.2. The normalized spacial score (nSPS) is 17.4. The van der Waals surface area contributed by atoms with E-state index in [-0.39, 0.29) is 6.10 Å². The third kappa shape index (κ3) is 12.8. The zero-order valence-electron chi connectivity index (χ0n) is 11.3. The number of phosphoric ester groups is 1. The van der Waals surface area contributed by atoms with Crippen LogP contribution in [0.4, 0.5) is 0 Å². The molecule has 0 aromatic carbocycles. The van der Waals surface area contributed by atoms with Crippen molar-refractivity contribution < 1.29 is 54.3 Å². The highest BCUT2D eigenvalue weighted by Crippen LogP contribution is 2.35. The van der Waals surface area contributed by atoms with E-state index in [1.165, 1.54) is 0 Å². The minimum absolute atomic E-state index is 0.167. The van der Waals surface area contributed by atoms with Crippen LogP contribution in [0.3, 0.4) is 0 Å². The van der Waals surface area contributed by atoms with Crippen LogP contribution in [-0.2, 0) is 13.9 Å². The van der Waals surface area contributed by atoms with Gasteiger partial charge in [-0.3, -0.25) is 4.52 Å². The second kappa shape index (κ2) is 10.2. The molecule has 0 aromatic heterocycles. The quantitative estimate of drug-likeness (QED) is 0.220. The molecule has 11 nitrogen and oxygen atoms in total. The fourth-order valence-corrected chi connectivity index (χ4v) is 1.18. The first-order valence-electron chi connectivity index (χ1n) is 5.62. The van der Waals surface area contributed by atoms with Gasteiger partial charge in [-0.25, -0.2) is 9.36 Å². The van der Waals surface area contributed by atoms with Crippen LogP contribution in [0.15, 0.2) is 0 Å². The molecular weight excluding hydrogens is 315 g/mol. The van der Waals surface area contributed by atoms with E-state index in [2.05, 4.69) is 4.52 Å². The first kappa shape index (κ1) is 22.7. The molecule has 4 unspecified atom stereocenters. The number of phosphoric acid groups is 1. The predicted molar refractivity (Wildman–Crippen MR) is 67.0 cm³/mol. The van der Waals surface area contributed by atoms with Crippen LogP contribution in [0, 0.1) is 0 Å². The summed E-state index contributed by atoms with van der Waals surface area (Å²) >= 11 is 0. The summed E-state index contributed by atoms with van der Waals surface area (Å²) in [5.74, 6) is -1.83. The van der Waals surface area contributed by atoms with Crippen LogP contribution >= 0.6 is 7.82 Å². The molecule has 0 heterocycles. The Hall–Kier alpha value is -0.620. The molecule has 0 rings (SSSR count). The summed E-state index contributed by atoms with van der Waals surface area (Å²) in [7, 11) is -4.86. The highest BCUT2D eigenvalue weighted by atomic mass is 31.2. The van der Waals surface area contributed by atoms with Crippen molar-refractivity contribution in [1.82, 2.24) is 0 Å². The third-order valence-corrected chi connectivity index (χ3v) is 2.22. The SMILES string of the molecule is CC(C)O.O=C(O)C(O)C(O)C(O)C(O)COP(=O)(O)O. The summed E-state index contributed by atoms with van der Waals surface area (Å²) in [4.78, 5) is 26.8. The number of aliphatic hydroxyl groups is 5. The molecule has 0 aliphatic carbocycles. The monoisotopic (exact) mass is 336 g/mol. The lowest BCUT2D eigenvalue weighted by atomic mass is 10.0. The molecule has 128 valence electrons. The maximum Gasteiger partial charge on any atom is 0.469 e. The Morgan fingerprint density at radius 2 is 1.43 bits per heavy atom. The molecule has 12 heteroatoms. The molecule has 0 aliphatic heterocycles. The van der Waals surface area contributed by atoms with Crippen molar-refractivity contribution in [2.75, 3.05) is 6.61 Å². The molecule has 0 spiro atoms. The molecule has 21 heavy (non-hydrogen) atoms. The number of rotatable bonds is 7. The van der Waals surface area contributed by atoms with Crippen molar-refractivity contribution >= 4 is 13.8 Å².